The molecular weight excluding hydrogens is 232 g/mol. The van der Waals surface area contributed by atoms with Crippen molar-refractivity contribution in [1.29, 1.82) is 0 Å². The van der Waals surface area contributed by atoms with Crippen molar-refractivity contribution in [2.75, 3.05) is 0 Å². The van der Waals surface area contributed by atoms with Gasteiger partial charge in [0.1, 0.15) is 0 Å². The highest BCUT2D eigenvalue weighted by molar-refractivity contribution is 7.98. The Balaban J connectivity index is 2.17. The van der Waals surface area contributed by atoms with E-state index in [0.29, 0.717) is 0 Å². The van der Waals surface area contributed by atoms with Crippen LogP contribution < -0.4 is 0 Å². The first-order valence-corrected chi connectivity index (χ1v) is 6.48. The summed E-state index contributed by atoms with van der Waals surface area (Å²) in [4.78, 5) is 0. The third-order valence-corrected chi connectivity index (χ3v) is 3.80. The first-order valence-electron chi connectivity index (χ1n) is 5.50. The van der Waals surface area contributed by atoms with Crippen LogP contribution in [0.2, 0.25) is 0 Å². The van der Waals surface area contributed by atoms with Gasteiger partial charge in [-0.25, -0.2) is 4.68 Å². The second kappa shape index (κ2) is 4.87. The van der Waals surface area contributed by atoms with E-state index in [9.17, 15) is 0 Å². The maximum Gasteiger partial charge on any atom is 0.209 e. The average molecular weight is 248 g/mol. The zero-order valence-corrected chi connectivity index (χ0v) is 11.4. The zero-order valence-electron chi connectivity index (χ0n) is 10.6. The molecule has 0 saturated carbocycles. The highest BCUT2D eigenvalue weighted by atomic mass is 32.2. The van der Waals surface area contributed by atoms with E-state index in [-0.39, 0.29) is 0 Å². The second-order valence-corrected chi connectivity index (χ2v) is 5.19. The molecule has 0 N–H and O–H groups in total. The van der Waals surface area contributed by atoms with Gasteiger partial charge in [-0.2, -0.15) is 0 Å². The minimum Gasteiger partial charge on any atom is -0.224 e. The molecule has 5 heteroatoms. The van der Waals surface area contributed by atoms with Crippen molar-refractivity contribution < 1.29 is 0 Å². The molecular formula is C12H16N4S. The van der Waals surface area contributed by atoms with Crippen LogP contribution in [0, 0.1) is 20.8 Å². The van der Waals surface area contributed by atoms with Gasteiger partial charge < -0.3 is 0 Å². The second-order valence-electron chi connectivity index (χ2n) is 4.25. The Labute approximate surface area is 105 Å². The fourth-order valence-corrected chi connectivity index (χ4v) is 2.96. The van der Waals surface area contributed by atoms with Gasteiger partial charge in [-0.15, -0.1) is 5.10 Å². The lowest BCUT2D eigenvalue weighted by molar-refractivity contribution is 0.664. The fourth-order valence-electron chi connectivity index (χ4n) is 1.92. The van der Waals surface area contributed by atoms with Crippen molar-refractivity contribution in [3.8, 4) is 0 Å². The first-order chi connectivity index (χ1) is 8.08. The van der Waals surface area contributed by atoms with E-state index < -0.39 is 0 Å². The van der Waals surface area contributed by atoms with Crippen molar-refractivity contribution in [3.05, 3.63) is 34.4 Å². The summed E-state index contributed by atoms with van der Waals surface area (Å²) in [6.45, 7) is 6.44. The smallest absolute Gasteiger partial charge is 0.209 e. The van der Waals surface area contributed by atoms with Gasteiger partial charge in [0.2, 0.25) is 5.16 Å². The lowest BCUT2D eigenvalue weighted by Gasteiger charge is -2.10. The van der Waals surface area contributed by atoms with E-state index in [1.165, 1.54) is 22.3 Å². The Hall–Kier alpha value is -1.36. The Morgan fingerprint density at radius 3 is 2.35 bits per heavy atom. The fraction of sp³-hybridized carbons (Fsp3) is 0.417. The van der Waals surface area contributed by atoms with Crippen LogP contribution >= 0.6 is 11.8 Å². The van der Waals surface area contributed by atoms with Gasteiger partial charge in [-0.3, -0.25) is 0 Å². The van der Waals surface area contributed by atoms with E-state index in [1.807, 2.05) is 7.05 Å². The van der Waals surface area contributed by atoms with Crippen LogP contribution in [0.4, 0.5) is 0 Å². The number of aryl methyl sites for hydroxylation is 4. The van der Waals surface area contributed by atoms with Gasteiger partial charge >= 0.3 is 0 Å². The monoisotopic (exact) mass is 248 g/mol. The van der Waals surface area contributed by atoms with E-state index in [0.717, 1.165) is 10.9 Å². The van der Waals surface area contributed by atoms with Gasteiger partial charge in [-0.1, -0.05) is 29.5 Å². The third-order valence-electron chi connectivity index (χ3n) is 2.77. The molecule has 0 amide bonds. The minimum atomic E-state index is 0.851. The minimum absolute atomic E-state index is 0.851. The van der Waals surface area contributed by atoms with Crippen molar-refractivity contribution in [1.82, 2.24) is 20.2 Å². The molecule has 0 aliphatic carbocycles. The number of tetrazole rings is 1. The van der Waals surface area contributed by atoms with Gasteiger partial charge in [0.15, 0.2) is 0 Å². The number of benzene rings is 1. The summed E-state index contributed by atoms with van der Waals surface area (Å²) in [6, 6.07) is 4.44. The predicted octanol–water partition coefficient (Wildman–Crippen LogP) is 2.43. The molecule has 0 fully saturated rings. The van der Waals surface area contributed by atoms with Crippen LogP contribution in [0.15, 0.2) is 17.3 Å². The number of hydrogen-bond donors (Lipinski definition) is 0. The number of rotatable bonds is 3. The Kier molecular flexibility index (Phi) is 3.47. The molecule has 0 aliphatic heterocycles. The lowest BCUT2D eigenvalue weighted by atomic mass is 10.0. The van der Waals surface area contributed by atoms with Gasteiger partial charge in [-0.05, 0) is 47.9 Å². The molecule has 17 heavy (non-hydrogen) atoms. The maximum atomic E-state index is 3.97. The van der Waals surface area contributed by atoms with Crippen LogP contribution in [0.1, 0.15) is 22.3 Å². The Bertz CT molecular complexity index is 510. The number of nitrogens with zero attached hydrogens (tertiary/aromatic N) is 4. The van der Waals surface area contributed by atoms with Crippen molar-refractivity contribution >= 4 is 11.8 Å². The molecule has 0 unspecified atom stereocenters. The highest BCUT2D eigenvalue weighted by Crippen LogP contribution is 2.25. The molecule has 2 aromatic rings. The molecule has 90 valence electrons. The van der Waals surface area contributed by atoms with E-state index in [4.69, 9.17) is 0 Å². The number of thioether (sulfide) groups is 1. The molecule has 0 radical (unpaired) electrons. The largest absolute Gasteiger partial charge is 0.224 e. The lowest BCUT2D eigenvalue weighted by Crippen LogP contribution is -1.96. The van der Waals surface area contributed by atoms with E-state index in [2.05, 4.69) is 48.4 Å². The zero-order chi connectivity index (χ0) is 12.4. The summed E-state index contributed by atoms with van der Waals surface area (Å²) >= 11 is 1.67. The van der Waals surface area contributed by atoms with Crippen LogP contribution in [0.3, 0.4) is 0 Å². The molecule has 0 saturated heterocycles. The van der Waals surface area contributed by atoms with Crippen LogP contribution in [-0.2, 0) is 12.8 Å². The highest BCUT2D eigenvalue weighted by Gasteiger charge is 2.07. The summed E-state index contributed by atoms with van der Waals surface area (Å²) in [5, 5.41) is 12.3. The van der Waals surface area contributed by atoms with E-state index in [1.54, 1.807) is 16.4 Å². The van der Waals surface area contributed by atoms with Crippen LogP contribution in [0.5, 0.6) is 0 Å². The molecule has 0 aliphatic rings. The molecule has 1 aromatic heterocycles. The summed E-state index contributed by atoms with van der Waals surface area (Å²) in [6.07, 6.45) is 0. The van der Waals surface area contributed by atoms with E-state index >= 15 is 0 Å². The van der Waals surface area contributed by atoms with Crippen molar-refractivity contribution in [3.63, 3.8) is 0 Å². The summed E-state index contributed by atoms with van der Waals surface area (Å²) in [7, 11) is 1.86. The van der Waals surface area contributed by atoms with Gasteiger partial charge in [0, 0.05) is 12.8 Å². The maximum absolute atomic E-state index is 3.97. The van der Waals surface area contributed by atoms with Crippen molar-refractivity contribution in [2.45, 2.75) is 31.7 Å². The summed E-state index contributed by atoms with van der Waals surface area (Å²) < 4.78 is 1.70. The molecule has 0 spiro atoms. The van der Waals surface area contributed by atoms with Crippen molar-refractivity contribution in [2.24, 2.45) is 7.05 Å². The number of aromatic nitrogens is 4. The molecule has 1 heterocycles. The van der Waals surface area contributed by atoms with Gasteiger partial charge in [0.05, 0.1) is 0 Å². The quantitative estimate of drug-likeness (QED) is 0.782. The SMILES string of the molecule is Cc1cc(C)c(CSc2nnnn2C)c(C)c1. The Morgan fingerprint density at radius 2 is 1.82 bits per heavy atom. The normalized spacial score (nSPS) is 10.8. The molecule has 1 aromatic carbocycles. The number of hydrogen-bond acceptors (Lipinski definition) is 4. The summed E-state index contributed by atoms with van der Waals surface area (Å²) in [5.41, 5.74) is 5.37. The molecule has 0 atom stereocenters. The van der Waals surface area contributed by atoms with Crippen LogP contribution in [-0.4, -0.2) is 20.2 Å². The standard InChI is InChI=1S/C12H16N4S/c1-8-5-9(2)11(10(3)6-8)7-17-12-13-14-15-16(12)4/h5-6H,7H2,1-4H3. The predicted molar refractivity (Wildman–Crippen MR) is 69.0 cm³/mol. The Morgan fingerprint density at radius 1 is 1.18 bits per heavy atom. The average Bonchev–Trinajstić information content (AvgIpc) is 2.62. The molecule has 4 nitrogen and oxygen atoms in total. The summed E-state index contributed by atoms with van der Waals surface area (Å²) in [5.74, 6) is 0.909. The van der Waals surface area contributed by atoms with Gasteiger partial charge in [0.25, 0.3) is 0 Å². The molecule has 2 rings (SSSR count). The topological polar surface area (TPSA) is 43.6 Å². The van der Waals surface area contributed by atoms with Crippen LogP contribution in [0.25, 0.3) is 0 Å². The third kappa shape index (κ3) is 2.66. The molecule has 0 bridgehead atoms. The first kappa shape index (κ1) is 12.1.